The number of carbonyl (C=O) groups excluding carboxylic acids is 1. The molecule has 0 aliphatic carbocycles. The Morgan fingerprint density at radius 1 is 1.33 bits per heavy atom. The predicted octanol–water partition coefficient (Wildman–Crippen LogP) is 3.75. The van der Waals surface area contributed by atoms with Gasteiger partial charge in [-0.25, -0.2) is 4.79 Å². The summed E-state index contributed by atoms with van der Waals surface area (Å²) in [7, 11) is 0. The van der Waals surface area contributed by atoms with Gasteiger partial charge in [-0.2, -0.15) is 0 Å². The molecule has 0 spiro atoms. The van der Waals surface area contributed by atoms with Crippen LogP contribution in [0, 0.1) is 5.92 Å². The number of piperidine rings is 1. The Kier molecular flexibility index (Phi) is 5.10. The first kappa shape index (κ1) is 15.7. The van der Waals surface area contributed by atoms with Crippen molar-refractivity contribution in [3.63, 3.8) is 0 Å². The Hall–Kier alpha value is -1.71. The fraction of sp³-hybridized carbons (Fsp3) is 0.588. The van der Waals surface area contributed by atoms with Crippen molar-refractivity contribution in [3.8, 4) is 0 Å². The minimum absolute atomic E-state index is 0.188. The second-order valence-corrected chi connectivity index (χ2v) is 6.68. The fourth-order valence-corrected chi connectivity index (χ4v) is 2.54. The van der Waals surface area contributed by atoms with Gasteiger partial charge < -0.3 is 15.0 Å². The number of hydrogen-bond acceptors (Lipinski definition) is 3. The van der Waals surface area contributed by atoms with E-state index in [1.165, 1.54) is 0 Å². The van der Waals surface area contributed by atoms with Gasteiger partial charge in [0.1, 0.15) is 5.60 Å². The maximum Gasteiger partial charge on any atom is 0.410 e. The van der Waals surface area contributed by atoms with E-state index in [0.717, 1.165) is 38.2 Å². The summed E-state index contributed by atoms with van der Waals surface area (Å²) in [6.07, 6.45) is 2.01. The highest BCUT2D eigenvalue weighted by Crippen LogP contribution is 2.20. The molecule has 1 amide bonds. The molecule has 2 rings (SSSR count). The molecule has 0 bridgehead atoms. The minimum Gasteiger partial charge on any atom is -0.444 e. The van der Waals surface area contributed by atoms with Crippen LogP contribution < -0.4 is 5.32 Å². The number of ether oxygens (including phenoxy) is 1. The lowest BCUT2D eigenvalue weighted by Crippen LogP contribution is -2.44. The number of para-hydroxylation sites is 1. The van der Waals surface area contributed by atoms with E-state index in [2.05, 4.69) is 17.4 Å². The van der Waals surface area contributed by atoms with Crippen LogP contribution in [-0.2, 0) is 4.74 Å². The molecule has 1 N–H and O–H groups in total. The molecule has 1 fully saturated rings. The molecule has 0 radical (unpaired) electrons. The van der Waals surface area contributed by atoms with Gasteiger partial charge in [0.2, 0.25) is 0 Å². The topological polar surface area (TPSA) is 41.6 Å². The Bertz CT molecular complexity index is 454. The molecule has 1 unspecified atom stereocenters. The van der Waals surface area contributed by atoms with E-state index in [4.69, 9.17) is 4.74 Å². The molecular weight excluding hydrogens is 264 g/mol. The summed E-state index contributed by atoms with van der Waals surface area (Å²) in [5.41, 5.74) is 0.707. The summed E-state index contributed by atoms with van der Waals surface area (Å²) in [4.78, 5) is 14.0. The van der Waals surface area contributed by atoms with Crippen LogP contribution >= 0.6 is 0 Å². The molecule has 4 nitrogen and oxygen atoms in total. The predicted molar refractivity (Wildman–Crippen MR) is 85.5 cm³/mol. The monoisotopic (exact) mass is 290 g/mol. The van der Waals surface area contributed by atoms with Gasteiger partial charge in [-0.3, -0.25) is 0 Å². The van der Waals surface area contributed by atoms with Crippen molar-refractivity contribution in [2.45, 2.75) is 39.2 Å². The molecule has 1 aliphatic rings. The van der Waals surface area contributed by atoms with E-state index in [-0.39, 0.29) is 6.09 Å². The molecule has 1 aromatic rings. The lowest BCUT2D eigenvalue weighted by molar-refractivity contribution is 0.0172. The number of rotatable bonds is 3. The van der Waals surface area contributed by atoms with Crippen LogP contribution in [0.2, 0.25) is 0 Å². The first-order valence-corrected chi connectivity index (χ1v) is 7.71. The molecule has 1 aliphatic heterocycles. The molecule has 1 aromatic carbocycles. The van der Waals surface area contributed by atoms with Gasteiger partial charge >= 0.3 is 6.09 Å². The van der Waals surface area contributed by atoms with Crippen LogP contribution in [0.4, 0.5) is 10.5 Å². The second kappa shape index (κ2) is 6.83. The molecule has 4 heteroatoms. The standard InChI is InChI=1S/C17H26N2O2/c1-17(2,3)21-16(20)19-11-7-8-14(13-19)12-18-15-9-5-4-6-10-15/h4-6,9-10,14,18H,7-8,11-13H2,1-3H3. The summed E-state index contributed by atoms with van der Waals surface area (Å²) < 4.78 is 5.45. The molecule has 21 heavy (non-hydrogen) atoms. The number of hydrogen-bond donors (Lipinski definition) is 1. The first-order chi connectivity index (χ1) is 9.94. The Labute approximate surface area is 127 Å². The van der Waals surface area contributed by atoms with Crippen molar-refractivity contribution < 1.29 is 9.53 Å². The Morgan fingerprint density at radius 2 is 2.05 bits per heavy atom. The SMILES string of the molecule is CC(C)(C)OC(=O)N1CCCC(CNc2ccccc2)C1. The Balaban J connectivity index is 1.82. The zero-order valence-electron chi connectivity index (χ0n) is 13.3. The van der Waals surface area contributed by atoms with Crippen LogP contribution in [0.3, 0.4) is 0 Å². The van der Waals surface area contributed by atoms with Gasteiger partial charge in [-0.05, 0) is 51.7 Å². The van der Waals surface area contributed by atoms with E-state index in [1.807, 2.05) is 43.9 Å². The molecule has 0 aromatic heterocycles. The molecule has 1 heterocycles. The third kappa shape index (κ3) is 5.29. The Morgan fingerprint density at radius 3 is 2.71 bits per heavy atom. The zero-order valence-corrected chi connectivity index (χ0v) is 13.3. The van der Waals surface area contributed by atoms with Crippen molar-refractivity contribution in [1.82, 2.24) is 4.90 Å². The molecule has 0 saturated carbocycles. The third-order valence-electron chi connectivity index (χ3n) is 3.54. The summed E-state index contributed by atoms with van der Waals surface area (Å²) >= 11 is 0. The number of nitrogens with one attached hydrogen (secondary N) is 1. The van der Waals surface area contributed by atoms with E-state index in [9.17, 15) is 4.79 Å². The van der Waals surface area contributed by atoms with Crippen molar-refractivity contribution in [3.05, 3.63) is 30.3 Å². The minimum atomic E-state index is -0.424. The summed E-state index contributed by atoms with van der Waals surface area (Å²) in [6, 6.07) is 10.2. The van der Waals surface area contributed by atoms with E-state index < -0.39 is 5.60 Å². The second-order valence-electron chi connectivity index (χ2n) is 6.68. The lowest BCUT2D eigenvalue weighted by Gasteiger charge is -2.34. The number of anilines is 1. The van der Waals surface area contributed by atoms with Gasteiger partial charge in [0.15, 0.2) is 0 Å². The first-order valence-electron chi connectivity index (χ1n) is 7.71. The number of carbonyl (C=O) groups is 1. The van der Waals surface area contributed by atoms with E-state index in [0.29, 0.717) is 5.92 Å². The fourth-order valence-electron chi connectivity index (χ4n) is 2.54. The van der Waals surface area contributed by atoms with Gasteiger partial charge in [-0.15, -0.1) is 0 Å². The maximum atomic E-state index is 12.1. The van der Waals surface area contributed by atoms with Crippen molar-refractivity contribution in [2.75, 3.05) is 25.0 Å². The number of likely N-dealkylation sites (tertiary alicyclic amines) is 1. The lowest BCUT2D eigenvalue weighted by atomic mass is 9.98. The zero-order chi connectivity index (χ0) is 15.3. The van der Waals surface area contributed by atoms with E-state index >= 15 is 0 Å². The summed E-state index contributed by atoms with van der Waals surface area (Å²) in [6.45, 7) is 8.19. The van der Waals surface area contributed by atoms with Crippen LogP contribution in [0.15, 0.2) is 30.3 Å². The number of nitrogens with zero attached hydrogens (tertiary/aromatic N) is 1. The van der Waals surface area contributed by atoms with E-state index in [1.54, 1.807) is 0 Å². The largest absolute Gasteiger partial charge is 0.444 e. The van der Waals surface area contributed by atoms with Crippen molar-refractivity contribution >= 4 is 11.8 Å². The molecule has 1 saturated heterocycles. The maximum absolute atomic E-state index is 12.1. The van der Waals surface area contributed by atoms with Crippen LogP contribution in [0.1, 0.15) is 33.6 Å². The smallest absolute Gasteiger partial charge is 0.410 e. The van der Waals surface area contributed by atoms with Gasteiger partial charge in [0.05, 0.1) is 0 Å². The number of benzene rings is 1. The average Bonchev–Trinajstić information content (AvgIpc) is 2.45. The summed E-state index contributed by atoms with van der Waals surface area (Å²) in [5.74, 6) is 0.478. The quantitative estimate of drug-likeness (QED) is 0.922. The highest BCUT2D eigenvalue weighted by Gasteiger charge is 2.27. The number of amides is 1. The van der Waals surface area contributed by atoms with Gasteiger partial charge in [0.25, 0.3) is 0 Å². The summed E-state index contributed by atoms with van der Waals surface area (Å²) in [5, 5.41) is 3.44. The normalized spacial score (nSPS) is 19.2. The van der Waals surface area contributed by atoms with Gasteiger partial charge in [-0.1, -0.05) is 18.2 Å². The van der Waals surface area contributed by atoms with Crippen molar-refractivity contribution in [1.29, 1.82) is 0 Å². The molecule has 1 atom stereocenters. The molecular formula is C17H26N2O2. The van der Waals surface area contributed by atoms with Crippen LogP contribution in [-0.4, -0.2) is 36.2 Å². The van der Waals surface area contributed by atoms with Crippen molar-refractivity contribution in [2.24, 2.45) is 5.92 Å². The molecule has 116 valence electrons. The highest BCUT2D eigenvalue weighted by molar-refractivity contribution is 5.68. The highest BCUT2D eigenvalue weighted by atomic mass is 16.6. The average molecular weight is 290 g/mol. The third-order valence-corrected chi connectivity index (χ3v) is 3.54. The van der Waals surface area contributed by atoms with Gasteiger partial charge in [0, 0.05) is 25.3 Å². The van der Waals surface area contributed by atoms with Crippen LogP contribution in [0.5, 0.6) is 0 Å². The van der Waals surface area contributed by atoms with Crippen LogP contribution in [0.25, 0.3) is 0 Å².